The normalized spacial score (nSPS) is 21.8. The van der Waals surface area contributed by atoms with Crippen LogP contribution in [0.5, 0.6) is 0 Å². The smallest absolute Gasteiger partial charge is 0.359 e. The maximum absolute atomic E-state index is 13.6. The zero-order chi connectivity index (χ0) is 43.0. The first-order valence-corrected chi connectivity index (χ1v) is 23.0. The van der Waals surface area contributed by atoms with Crippen LogP contribution in [0.1, 0.15) is 140 Å². The first-order valence-electron chi connectivity index (χ1n) is 23.0. The Labute approximate surface area is 363 Å². The third-order valence-electron chi connectivity index (χ3n) is 13.7. The van der Waals surface area contributed by atoms with Gasteiger partial charge in [0.1, 0.15) is 17.8 Å². The lowest BCUT2D eigenvalue weighted by molar-refractivity contribution is -0.162. The van der Waals surface area contributed by atoms with Crippen molar-refractivity contribution in [1.29, 1.82) is 0 Å². The van der Waals surface area contributed by atoms with Gasteiger partial charge >= 0.3 is 11.9 Å². The monoisotopic (exact) mass is 851 g/mol. The molecule has 3 heterocycles. The number of rotatable bonds is 13. The molecule has 0 saturated carbocycles. The molecule has 2 aliphatic heterocycles. The van der Waals surface area contributed by atoms with Crippen molar-refractivity contribution in [2.24, 2.45) is 15.9 Å². The van der Waals surface area contributed by atoms with Crippen molar-refractivity contribution >= 4 is 35.4 Å². The van der Waals surface area contributed by atoms with E-state index in [0.29, 0.717) is 25.1 Å². The van der Waals surface area contributed by atoms with E-state index in [1.54, 1.807) is 33.8 Å². The lowest BCUT2D eigenvalue weighted by Crippen LogP contribution is -2.42. The summed E-state index contributed by atoms with van der Waals surface area (Å²) < 4.78 is 34.4. The molecule has 3 N–H and O–H groups in total. The van der Waals surface area contributed by atoms with Crippen LogP contribution in [0.25, 0.3) is 0 Å². The molecule has 1 aromatic heterocycles. The molecule has 14 nitrogen and oxygen atoms in total. The zero-order valence-electron chi connectivity index (χ0n) is 36.7. The quantitative estimate of drug-likeness (QED) is 0.0927. The molecular weight excluding hydrogens is 791 g/mol. The van der Waals surface area contributed by atoms with Crippen LogP contribution < -0.4 is 10.6 Å². The summed E-state index contributed by atoms with van der Waals surface area (Å²) in [6.45, 7) is 9.17. The fraction of sp³-hybridized carbons (Fsp3) is 0.604. The lowest BCUT2D eigenvalue weighted by Gasteiger charge is -2.27. The Bertz CT molecular complexity index is 2230. The largest absolute Gasteiger partial charge is 0.463 e. The van der Waals surface area contributed by atoms with E-state index in [0.717, 1.165) is 114 Å². The summed E-state index contributed by atoms with van der Waals surface area (Å²) in [6.07, 6.45) is 14.1. The highest BCUT2D eigenvalue weighted by Crippen LogP contribution is 2.52. The molecule has 0 spiro atoms. The number of esters is 2. The molecule has 2 aromatic carbocycles. The minimum atomic E-state index is -1.64. The third kappa shape index (κ3) is 8.08. The number of amidine groups is 2. The number of aliphatic imine (C=N–C) groups is 2. The number of hydrogen-bond acceptors (Lipinski definition) is 13. The maximum Gasteiger partial charge on any atom is 0.359 e. The van der Waals surface area contributed by atoms with Crippen molar-refractivity contribution in [3.8, 4) is 0 Å². The van der Waals surface area contributed by atoms with Crippen LogP contribution in [0.15, 0.2) is 26.6 Å². The van der Waals surface area contributed by atoms with Gasteiger partial charge in [-0.15, -0.1) is 0 Å². The summed E-state index contributed by atoms with van der Waals surface area (Å²) in [4.78, 5) is 35.8. The molecule has 1 saturated heterocycles. The van der Waals surface area contributed by atoms with Crippen LogP contribution in [-0.2, 0) is 89.4 Å². The van der Waals surface area contributed by atoms with E-state index >= 15 is 0 Å². The molecule has 62 heavy (non-hydrogen) atoms. The SMILES string of the molecule is CCOC(=O)COC(=NCCC1CCOCC1)Nc1c2c(cc3c1CCC3c1c3c(c(NC4=NCC(C(=O)OCC)(c5cc(C(C)(C)O)on5)O4)c4c1CCC4)CCC3)CCC2. The van der Waals surface area contributed by atoms with Gasteiger partial charge in [-0.25, -0.2) is 19.6 Å². The Hall–Kier alpha value is -4.95. The number of nitrogens with one attached hydrogen (secondary N) is 2. The predicted octanol–water partition coefficient (Wildman–Crippen LogP) is 6.87. The van der Waals surface area contributed by atoms with E-state index in [1.807, 2.05) is 0 Å². The molecule has 332 valence electrons. The highest BCUT2D eigenvalue weighted by Gasteiger charge is 2.52. The average Bonchev–Trinajstić information content (AvgIpc) is 4.12. The van der Waals surface area contributed by atoms with Crippen LogP contribution in [0.4, 0.5) is 11.4 Å². The van der Waals surface area contributed by atoms with Gasteiger partial charge in [-0.1, -0.05) is 11.2 Å². The molecule has 0 radical (unpaired) electrons. The van der Waals surface area contributed by atoms with Crippen molar-refractivity contribution in [2.75, 3.05) is 56.8 Å². The molecule has 0 bridgehead atoms. The molecular formula is C48H61N5O9. The van der Waals surface area contributed by atoms with Gasteiger partial charge < -0.3 is 43.9 Å². The minimum absolute atomic E-state index is 0.0375. The molecule has 2 atom stereocenters. The summed E-state index contributed by atoms with van der Waals surface area (Å²) in [5.74, 6) is 0.0234. The lowest BCUT2D eigenvalue weighted by atomic mass is 9.81. The number of carbonyl (C=O) groups is 2. The molecule has 4 aliphatic carbocycles. The topological polar surface area (TPSA) is 175 Å². The Morgan fingerprint density at radius 1 is 0.871 bits per heavy atom. The minimum Gasteiger partial charge on any atom is -0.463 e. The molecule has 9 rings (SSSR count). The van der Waals surface area contributed by atoms with Crippen LogP contribution in [0.3, 0.4) is 0 Å². The fourth-order valence-electron chi connectivity index (χ4n) is 10.7. The van der Waals surface area contributed by atoms with Crippen LogP contribution in [0, 0.1) is 5.92 Å². The zero-order valence-corrected chi connectivity index (χ0v) is 36.7. The second-order valence-electron chi connectivity index (χ2n) is 18.1. The number of nitrogens with zero attached hydrogens (tertiary/aromatic N) is 3. The summed E-state index contributed by atoms with van der Waals surface area (Å²) in [7, 11) is 0. The van der Waals surface area contributed by atoms with Gasteiger partial charge in [0, 0.05) is 43.1 Å². The number of fused-ring (bicyclic) bond motifs is 4. The first kappa shape index (κ1) is 42.4. The number of hydrogen-bond donors (Lipinski definition) is 3. The van der Waals surface area contributed by atoms with Gasteiger partial charge in [0.25, 0.3) is 17.6 Å². The van der Waals surface area contributed by atoms with Gasteiger partial charge in [0.2, 0.25) is 0 Å². The number of aliphatic hydroxyl groups is 1. The number of aromatic nitrogens is 1. The predicted molar refractivity (Wildman–Crippen MR) is 233 cm³/mol. The molecule has 2 unspecified atom stereocenters. The van der Waals surface area contributed by atoms with Crippen molar-refractivity contribution in [1.82, 2.24) is 5.16 Å². The first-order chi connectivity index (χ1) is 30.1. The van der Waals surface area contributed by atoms with Crippen molar-refractivity contribution in [3.05, 3.63) is 73.7 Å². The standard InChI is InChI=1S/C48H61N5O9/c1-5-58-40(54)26-60-45(49-21-18-28-19-22-57-23-20-28)51-42-30-11-7-10-29(30)24-37-33(16-17-36(37)42)41-31-12-8-14-34(31)43(35-15-9-13-32(35)41)52-46-50-27-48(61-46,44(55)59-6-2)38-25-39(62-53-38)47(3,4)56/h24-25,28,33,56H,5-23,26-27H2,1-4H3,(H,49,51)(H,50,52). The average molecular weight is 852 g/mol. The number of carbonyl (C=O) groups excluding carboxylic acids is 2. The summed E-state index contributed by atoms with van der Waals surface area (Å²) in [5, 5.41) is 22.1. The van der Waals surface area contributed by atoms with E-state index < -0.39 is 23.1 Å². The van der Waals surface area contributed by atoms with E-state index in [4.69, 9.17) is 38.2 Å². The molecule has 1 fully saturated rings. The van der Waals surface area contributed by atoms with Crippen molar-refractivity contribution < 1.29 is 42.9 Å². The fourth-order valence-corrected chi connectivity index (χ4v) is 10.7. The third-order valence-corrected chi connectivity index (χ3v) is 13.7. The molecule has 3 aromatic rings. The van der Waals surface area contributed by atoms with Crippen molar-refractivity contribution in [2.45, 2.75) is 135 Å². The Morgan fingerprint density at radius 3 is 2.29 bits per heavy atom. The van der Waals surface area contributed by atoms with Gasteiger partial charge in [0.15, 0.2) is 12.4 Å². The van der Waals surface area contributed by atoms with Crippen molar-refractivity contribution in [3.63, 3.8) is 0 Å². The Morgan fingerprint density at radius 2 is 1.58 bits per heavy atom. The van der Waals surface area contributed by atoms with Gasteiger partial charge in [-0.05, 0) is 174 Å². The van der Waals surface area contributed by atoms with Crippen LogP contribution in [0.2, 0.25) is 0 Å². The number of ether oxygens (including phenoxy) is 5. The van der Waals surface area contributed by atoms with E-state index in [9.17, 15) is 14.7 Å². The van der Waals surface area contributed by atoms with Gasteiger partial charge in [-0.2, -0.15) is 0 Å². The highest BCUT2D eigenvalue weighted by molar-refractivity contribution is 5.97. The summed E-state index contributed by atoms with van der Waals surface area (Å²) in [5.41, 5.74) is 11.9. The Kier molecular flexibility index (Phi) is 12.1. The van der Waals surface area contributed by atoms with E-state index in [2.05, 4.69) is 21.9 Å². The van der Waals surface area contributed by atoms with E-state index in [1.165, 1.54) is 50.1 Å². The molecule has 0 amide bonds. The highest BCUT2D eigenvalue weighted by atomic mass is 16.6. The second-order valence-corrected chi connectivity index (χ2v) is 18.1. The van der Waals surface area contributed by atoms with Gasteiger partial charge in [-0.3, -0.25) is 0 Å². The maximum atomic E-state index is 13.6. The number of anilines is 2. The van der Waals surface area contributed by atoms with E-state index in [-0.39, 0.29) is 43.2 Å². The summed E-state index contributed by atoms with van der Waals surface area (Å²) >= 11 is 0. The number of benzene rings is 2. The summed E-state index contributed by atoms with van der Waals surface area (Å²) in [6, 6.07) is 4.68. The van der Waals surface area contributed by atoms with Crippen LogP contribution in [-0.4, -0.2) is 80.4 Å². The molecule has 14 heteroatoms. The van der Waals surface area contributed by atoms with Crippen LogP contribution >= 0.6 is 0 Å². The Balaban J connectivity index is 1.03. The second kappa shape index (κ2) is 17.7. The number of aryl methyl sites for hydroxylation is 1. The van der Waals surface area contributed by atoms with Gasteiger partial charge in [0.05, 0.1) is 13.2 Å². The molecule has 6 aliphatic rings.